The summed E-state index contributed by atoms with van der Waals surface area (Å²) in [6.45, 7) is 4.36. The van der Waals surface area contributed by atoms with Gasteiger partial charge in [-0.05, 0) is 13.8 Å². The highest BCUT2D eigenvalue weighted by Gasteiger charge is 2.33. The van der Waals surface area contributed by atoms with Gasteiger partial charge in [-0.2, -0.15) is 0 Å². The molecule has 0 aliphatic carbocycles. The van der Waals surface area contributed by atoms with Crippen LogP contribution in [0.3, 0.4) is 0 Å². The van der Waals surface area contributed by atoms with Crippen molar-refractivity contribution in [2.24, 2.45) is 11.7 Å². The Kier molecular flexibility index (Phi) is 2.35. The van der Waals surface area contributed by atoms with Crippen molar-refractivity contribution in [3.05, 3.63) is 0 Å². The monoisotopic (exact) mass is 170 g/mol. The van der Waals surface area contributed by atoms with E-state index < -0.39 is 0 Å². The van der Waals surface area contributed by atoms with Gasteiger partial charge in [0.2, 0.25) is 11.8 Å². The summed E-state index contributed by atoms with van der Waals surface area (Å²) in [4.78, 5) is 23.7. The predicted molar refractivity (Wildman–Crippen MR) is 44.2 cm³/mol. The van der Waals surface area contributed by atoms with E-state index in [9.17, 15) is 9.59 Å². The number of nitrogens with zero attached hydrogens (tertiary/aromatic N) is 1. The van der Waals surface area contributed by atoms with Gasteiger partial charge in [-0.1, -0.05) is 0 Å². The second-order valence-corrected chi connectivity index (χ2v) is 3.44. The van der Waals surface area contributed by atoms with Crippen molar-refractivity contribution in [2.45, 2.75) is 26.3 Å². The van der Waals surface area contributed by atoms with Crippen LogP contribution in [0, 0.1) is 5.92 Å². The molecule has 0 aromatic rings. The molecule has 1 saturated heterocycles. The Labute approximate surface area is 71.7 Å². The van der Waals surface area contributed by atoms with E-state index in [0.717, 1.165) is 0 Å². The molecule has 0 aromatic carbocycles. The van der Waals surface area contributed by atoms with Crippen LogP contribution in [0.25, 0.3) is 0 Å². The molecule has 2 amide bonds. The Morgan fingerprint density at radius 3 is 2.50 bits per heavy atom. The van der Waals surface area contributed by atoms with Crippen LogP contribution < -0.4 is 5.73 Å². The summed E-state index contributed by atoms with van der Waals surface area (Å²) in [5.41, 5.74) is 5.10. The molecule has 0 bridgehead atoms. The smallest absolute Gasteiger partial charge is 0.223 e. The van der Waals surface area contributed by atoms with E-state index >= 15 is 0 Å². The first-order chi connectivity index (χ1) is 5.52. The lowest BCUT2D eigenvalue weighted by Gasteiger charge is -2.20. The average molecular weight is 170 g/mol. The van der Waals surface area contributed by atoms with Gasteiger partial charge < -0.3 is 10.6 Å². The highest BCUT2D eigenvalue weighted by molar-refractivity contribution is 5.88. The number of amides is 2. The van der Waals surface area contributed by atoms with Crippen molar-refractivity contribution < 1.29 is 9.59 Å². The zero-order valence-corrected chi connectivity index (χ0v) is 7.41. The van der Waals surface area contributed by atoms with Gasteiger partial charge in [0.05, 0.1) is 5.92 Å². The van der Waals surface area contributed by atoms with Crippen molar-refractivity contribution in [1.29, 1.82) is 0 Å². The summed E-state index contributed by atoms with van der Waals surface area (Å²) in [6, 6.07) is 0.168. The highest BCUT2D eigenvalue weighted by Crippen LogP contribution is 2.19. The summed E-state index contributed by atoms with van der Waals surface area (Å²) < 4.78 is 0. The fourth-order valence-corrected chi connectivity index (χ4v) is 1.42. The molecule has 0 saturated carbocycles. The van der Waals surface area contributed by atoms with Gasteiger partial charge in [0, 0.05) is 19.0 Å². The molecule has 1 atom stereocenters. The summed E-state index contributed by atoms with van der Waals surface area (Å²) >= 11 is 0. The largest absolute Gasteiger partial charge is 0.369 e. The van der Waals surface area contributed by atoms with Crippen LogP contribution in [0.1, 0.15) is 20.3 Å². The van der Waals surface area contributed by atoms with Gasteiger partial charge >= 0.3 is 0 Å². The number of primary amides is 1. The van der Waals surface area contributed by atoms with Crippen LogP contribution in [0.2, 0.25) is 0 Å². The molecular formula is C8H14N2O2. The van der Waals surface area contributed by atoms with Gasteiger partial charge in [-0.15, -0.1) is 0 Å². The van der Waals surface area contributed by atoms with Crippen LogP contribution in [0.4, 0.5) is 0 Å². The first kappa shape index (κ1) is 9.03. The van der Waals surface area contributed by atoms with Gasteiger partial charge in [-0.25, -0.2) is 0 Å². The zero-order valence-electron chi connectivity index (χ0n) is 7.41. The third-order valence-electron chi connectivity index (χ3n) is 2.18. The third-order valence-corrected chi connectivity index (χ3v) is 2.18. The highest BCUT2D eigenvalue weighted by atomic mass is 16.2. The molecule has 0 unspecified atom stereocenters. The van der Waals surface area contributed by atoms with Crippen LogP contribution in [0.5, 0.6) is 0 Å². The van der Waals surface area contributed by atoms with E-state index in [1.54, 1.807) is 4.90 Å². The van der Waals surface area contributed by atoms with E-state index in [0.29, 0.717) is 6.54 Å². The number of likely N-dealkylation sites (tertiary alicyclic amines) is 1. The van der Waals surface area contributed by atoms with E-state index in [4.69, 9.17) is 5.73 Å². The number of carbonyl (C=O) groups excluding carboxylic acids is 2. The first-order valence-corrected chi connectivity index (χ1v) is 4.11. The van der Waals surface area contributed by atoms with Crippen molar-refractivity contribution in [1.82, 2.24) is 4.90 Å². The van der Waals surface area contributed by atoms with E-state index in [1.165, 1.54) is 0 Å². The Bertz CT molecular complexity index is 213. The lowest BCUT2D eigenvalue weighted by Crippen LogP contribution is -2.33. The van der Waals surface area contributed by atoms with E-state index in [2.05, 4.69) is 0 Å². The Hall–Kier alpha value is -1.06. The SMILES string of the molecule is CC(C)N1C[C@@H](C(N)=O)CC1=O. The minimum Gasteiger partial charge on any atom is -0.369 e. The number of nitrogens with two attached hydrogens (primary N) is 1. The second kappa shape index (κ2) is 3.13. The lowest BCUT2D eigenvalue weighted by molar-refractivity contribution is -0.129. The Morgan fingerprint density at radius 1 is 1.67 bits per heavy atom. The van der Waals surface area contributed by atoms with Crippen LogP contribution >= 0.6 is 0 Å². The maximum atomic E-state index is 11.2. The fraction of sp³-hybridized carbons (Fsp3) is 0.750. The zero-order chi connectivity index (χ0) is 9.30. The molecule has 4 heteroatoms. The van der Waals surface area contributed by atoms with Crippen molar-refractivity contribution in [3.8, 4) is 0 Å². The molecule has 1 heterocycles. The minimum atomic E-state index is -0.369. The molecule has 1 aliphatic rings. The molecular weight excluding hydrogens is 156 g/mol. The summed E-state index contributed by atoms with van der Waals surface area (Å²) in [7, 11) is 0. The van der Waals surface area contributed by atoms with E-state index in [1.807, 2.05) is 13.8 Å². The molecule has 0 spiro atoms. The molecule has 68 valence electrons. The maximum absolute atomic E-state index is 11.2. The summed E-state index contributed by atoms with van der Waals surface area (Å²) in [5.74, 6) is -0.611. The van der Waals surface area contributed by atoms with Gasteiger partial charge in [0.1, 0.15) is 0 Å². The maximum Gasteiger partial charge on any atom is 0.223 e. The van der Waals surface area contributed by atoms with Gasteiger partial charge in [0.25, 0.3) is 0 Å². The van der Waals surface area contributed by atoms with Crippen LogP contribution in [-0.4, -0.2) is 29.3 Å². The first-order valence-electron chi connectivity index (χ1n) is 4.11. The van der Waals surface area contributed by atoms with Gasteiger partial charge in [-0.3, -0.25) is 9.59 Å². The average Bonchev–Trinajstić information content (AvgIpc) is 2.30. The quantitative estimate of drug-likeness (QED) is 0.620. The normalized spacial score (nSPS) is 23.8. The van der Waals surface area contributed by atoms with Crippen molar-refractivity contribution in [2.75, 3.05) is 6.54 Å². The lowest BCUT2D eigenvalue weighted by atomic mass is 10.1. The predicted octanol–water partition coefficient (Wildman–Crippen LogP) is -0.271. The number of rotatable bonds is 2. The van der Waals surface area contributed by atoms with E-state index in [-0.39, 0.29) is 30.2 Å². The molecule has 1 aliphatic heterocycles. The molecule has 0 radical (unpaired) electrons. The minimum absolute atomic E-state index is 0.0359. The molecule has 0 aromatic heterocycles. The van der Waals surface area contributed by atoms with Gasteiger partial charge in [0.15, 0.2) is 0 Å². The van der Waals surface area contributed by atoms with Crippen LogP contribution in [0.15, 0.2) is 0 Å². The molecule has 1 fully saturated rings. The summed E-state index contributed by atoms with van der Waals surface area (Å²) in [5, 5.41) is 0. The summed E-state index contributed by atoms with van der Waals surface area (Å²) in [6.07, 6.45) is 0.285. The van der Waals surface area contributed by atoms with Crippen molar-refractivity contribution >= 4 is 11.8 Å². The number of hydrogen-bond donors (Lipinski definition) is 1. The standard InChI is InChI=1S/C8H14N2O2/c1-5(2)10-4-6(8(9)12)3-7(10)11/h5-6H,3-4H2,1-2H3,(H2,9,12)/t6-/m0/s1. The number of hydrogen-bond acceptors (Lipinski definition) is 2. The molecule has 4 nitrogen and oxygen atoms in total. The molecule has 1 rings (SSSR count). The second-order valence-electron chi connectivity index (χ2n) is 3.44. The van der Waals surface area contributed by atoms with Crippen LogP contribution in [-0.2, 0) is 9.59 Å². The third kappa shape index (κ3) is 1.57. The molecule has 2 N–H and O–H groups in total. The van der Waals surface area contributed by atoms with Crippen molar-refractivity contribution in [3.63, 3.8) is 0 Å². The Balaban J connectivity index is 2.62. The molecule has 12 heavy (non-hydrogen) atoms. The fourth-order valence-electron chi connectivity index (χ4n) is 1.42. The Morgan fingerprint density at radius 2 is 2.25 bits per heavy atom. The topological polar surface area (TPSA) is 63.4 Å². The number of carbonyl (C=O) groups is 2.